The quantitative estimate of drug-likeness (QED) is 0.501. The number of fused-ring (bicyclic) bond motifs is 1. The molecule has 2 aromatic rings. The highest BCUT2D eigenvalue weighted by Gasteiger charge is 2.21. The zero-order valence-electron chi connectivity index (χ0n) is 17.5. The minimum atomic E-state index is -0.907. The van der Waals surface area contributed by atoms with Gasteiger partial charge < -0.3 is 5.73 Å². The van der Waals surface area contributed by atoms with E-state index in [1.54, 1.807) is 29.7 Å². The molecule has 29 heavy (non-hydrogen) atoms. The molecule has 0 saturated carbocycles. The summed E-state index contributed by atoms with van der Waals surface area (Å²) in [5.41, 5.74) is 5.46. The van der Waals surface area contributed by atoms with Crippen LogP contribution in [0.1, 0.15) is 34.6 Å². The van der Waals surface area contributed by atoms with Crippen molar-refractivity contribution >= 4 is 34.6 Å². The summed E-state index contributed by atoms with van der Waals surface area (Å²) >= 11 is 1.13. The first-order valence-electron chi connectivity index (χ1n) is 9.64. The van der Waals surface area contributed by atoms with Crippen LogP contribution in [0.25, 0.3) is 10.9 Å². The van der Waals surface area contributed by atoms with Crippen molar-refractivity contribution in [3.63, 3.8) is 0 Å². The number of nitrogens with two attached hydrogens (primary N) is 1. The van der Waals surface area contributed by atoms with E-state index < -0.39 is 17.2 Å². The van der Waals surface area contributed by atoms with Crippen LogP contribution in [0.15, 0.2) is 34.2 Å². The molecule has 158 valence electrons. The summed E-state index contributed by atoms with van der Waals surface area (Å²) in [6, 6.07) is 6.90. The third-order valence-corrected chi connectivity index (χ3v) is 5.72. The second-order valence-electron chi connectivity index (χ2n) is 7.41. The molecule has 3 amide bonds. The van der Waals surface area contributed by atoms with Crippen LogP contribution >= 0.6 is 11.8 Å². The van der Waals surface area contributed by atoms with Crippen molar-refractivity contribution in [1.82, 2.24) is 19.8 Å². The normalized spacial score (nSPS) is 12.7. The number of primary amides is 1. The van der Waals surface area contributed by atoms with Crippen LogP contribution < -0.4 is 16.6 Å². The Balaban J connectivity index is 2.41. The van der Waals surface area contributed by atoms with Crippen molar-refractivity contribution in [1.29, 1.82) is 0 Å². The van der Waals surface area contributed by atoms with Crippen molar-refractivity contribution in [3.8, 4) is 0 Å². The summed E-state index contributed by atoms with van der Waals surface area (Å²) in [6.45, 7) is 11.2. The van der Waals surface area contributed by atoms with E-state index in [0.717, 1.165) is 11.8 Å². The first kappa shape index (κ1) is 22.9. The molecule has 3 N–H and O–H groups in total. The first-order valence-corrected chi connectivity index (χ1v) is 10.5. The van der Waals surface area contributed by atoms with E-state index in [-0.39, 0.29) is 5.56 Å². The predicted octanol–water partition coefficient (Wildman–Crippen LogP) is 2.19. The number of hydrogen-bond donors (Lipinski definition) is 2. The summed E-state index contributed by atoms with van der Waals surface area (Å²) in [5.74, 6) is -0.526. The van der Waals surface area contributed by atoms with Crippen molar-refractivity contribution in [2.75, 3.05) is 6.54 Å². The van der Waals surface area contributed by atoms with Crippen molar-refractivity contribution in [2.45, 2.75) is 63.7 Å². The fourth-order valence-electron chi connectivity index (χ4n) is 3.20. The van der Waals surface area contributed by atoms with Gasteiger partial charge in [0.05, 0.1) is 16.2 Å². The molecule has 1 atom stereocenters. The molecular formula is C20H29N5O3S. The largest absolute Gasteiger partial charge is 0.351 e. The molecule has 0 saturated heterocycles. The molecule has 1 aromatic carbocycles. The molecule has 0 radical (unpaired) electrons. The Morgan fingerprint density at radius 2 is 1.79 bits per heavy atom. The van der Waals surface area contributed by atoms with Gasteiger partial charge in [0.15, 0.2) is 5.16 Å². The maximum Gasteiger partial charge on any atom is 0.318 e. The van der Waals surface area contributed by atoms with Crippen molar-refractivity contribution < 1.29 is 9.59 Å². The zero-order chi connectivity index (χ0) is 21.7. The zero-order valence-corrected chi connectivity index (χ0v) is 18.3. The predicted molar refractivity (Wildman–Crippen MR) is 116 cm³/mol. The fraction of sp³-hybridized carbons (Fsp3) is 0.500. The fourth-order valence-corrected chi connectivity index (χ4v) is 4.13. The van der Waals surface area contributed by atoms with Gasteiger partial charge in [0.1, 0.15) is 0 Å². The van der Waals surface area contributed by atoms with E-state index >= 15 is 0 Å². The smallest absolute Gasteiger partial charge is 0.318 e. The minimum Gasteiger partial charge on any atom is -0.351 e. The van der Waals surface area contributed by atoms with Gasteiger partial charge in [-0.2, -0.15) is 0 Å². The van der Waals surface area contributed by atoms with Crippen LogP contribution in [0, 0.1) is 0 Å². The molecule has 8 nitrogen and oxygen atoms in total. The lowest BCUT2D eigenvalue weighted by Crippen LogP contribution is -2.41. The molecule has 0 aliphatic carbocycles. The average Bonchev–Trinajstić information content (AvgIpc) is 2.63. The number of hydrogen-bond acceptors (Lipinski definition) is 6. The van der Waals surface area contributed by atoms with E-state index in [4.69, 9.17) is 5.73 Å². The summed E-state index contributed by atoms with van der Waals surface area (Å²) < 4.78 is 1.61. The number of aromatic nitrogens is 2. The van der Waals surface area contributed by atoms with Gasteiger partial charge >= 0.3 is 6.03 Å². The number of amides is 3. The Kier molecular flexibility index (Phi) is 7.80. The van der Waals surface area contributed by atoms with Crippen LogP contribution in [0.4, 0.5) is 4.79 Å². The average molecular weight is 420 g/mol. The van der Waals surface area contributed by atoms with E-state index in [9.17, 15) is 14.4 Å². The second kappa shape index (κ2) is 9.89. The van der Waals surface area contributed by atoms with Crippen LogP contribution in [0.5, 0.6) is 0 Å². The maximum atomic E-state index is 13.1. The van der Waals surface area contributed by atoms with Gasteiger partial charge in [0.2, 0.25) is 5.91 Å². The number of carbonyl (C=O) groups is 2. The van der Waals surface area contributed by atoms with E-state index in [1.807, 2.05) is 6.07 Å². The van der Waals surface area contributed by atoms with Crippen molar-refractivity contribution in [3.05, 3.63) is 34.6 Å². The highest BCUT2D eigenvalue weighted by Crippen LogP contribution is 2.23. The number of para-hydroxylation sites is 1. The summed E-state index contributed by atoms with van der Waals surface area (Å²) in [7, 11) is 0. The summed E-state index contributed by atoms with van der Waals surface area (Å²) in [4.78, 5) is 43.1. The SMILES string of the molecule is CC(C)N(CCn1c(S[C@H](C)C(=O)NC(N)=O)nc2ccccc2c1=O)C(C)C. The molecule has 1 aromatic heterocycles. The lowest BCUT2D eigenvalue weighted by molar-refractivity contribution is -0.119. The minimum absolute atomic E-state index is 0.145. The molecular weight excluding hydrogens is 390 g/mol. The number of benzene rings is 1. The highest BCUT2D eigenvalue weighted by molar-refractivity contribution is 8.00. The van der Waals surface area contributed by atoms with Crippen molar-refractivity contribution in [2.24, 2.45) is 5.73 Å². The second-order valence-corrected chi connectivity index (χ2v) is 8.72. The molecule has 0 fully saturated rings. The summed E-state index contributed by atoms with van der Waals surface area (Å²) in [6.07, 6.45) is 0. The summed E-state index contributed by atoms with van der Waals surface area (Å²) in [5, 5.41) is 2.40. The van der Waals surface area contributed by atoms with E-state index in [2.05, 4.69) is 42.9 Å². The standard InChI is InChI=1S/C20H29N5O3S/c1-12(2)24(13(3)4)10-11-25-18(27)15-8-6-7-9-16(15)22-20(25)29-14(5)17(26)23-19(21)28/h6-9,12-14H,10-11H2,1-5H3,(H3,21,23,26,28)/t14-/m1/s1. The highest BCUT2D eigenvalue weighted by atomic mass is 32.2. The molecule has 2 rings (SSSR count). The Bertz CT molecular complexity index is 933. The molecule has 0 aliphatic rings. The van der Waals surface area contributed by atoms with Gasteiger partial charge in [-0.1, -0.05) is 23.9 Å². The van der Waals surface area contributed by atoms with E-state index in [1.165, 1.54) is 0 Å². The Labute approximate surface area is 174 Å². The number of rotatable bonds is 8. The van der Waals surface area contributed by atoms with Gasteiger partial charge in [-0.05, 0) is 46.8 Å². The van der Waals surface area contributed by atoms with Gasteiger partial charge in [-0.3, -0.25) is 24.4 Å². The molecule has 1 heterocycles. The number of carbonyl (C=O) groups excluding carboxylic acids is 2. The maximum absolute atomic E-state index is 13.1. The first-order chi connectivity index (χ1) is 13.6. The van der Waals surface area contributed by atoms with Crippen LogP contribution in [-0.4, -0.2) is 50.3 Å². The van der Waals surface area contributed by atoms with Gasteiger partial charge in [0.25, 0.3) is 5.56 Å². The molecule has 0 unspecified atom stereocenters. The van der Waals surface area contributed by atoms with Crippen LogP contribution in [0.2, 0.25) is 0 Å². The van der Waals surface area contributed by atoms with Gasteiger partial charge in [0, 0.05) is 25.2 Å². The Morgan fingerprint density at radius 1 is 1.17 bits per heavy atom. The van der Waals surface area contributed by atoms with Crippen LogP contribution in [-0.2, 0) is 11.3 Å². The van der Waals surface area contributed by atoms with Crippen LogP contribution in [0.3, 0.4) is 0 Å². The number of urea groups is 1. The lowest BCUT2D eigenvalue weighted by Gasteiger charge is -2.31. The third kappa shape index (κ3) is 5.80. The number of imide groups is 1. The number of thioether (sulfide) groups is 1. The molecule has 0 bridgehead atoms. The number of nitrogens with one attached hydrogen (secondary N) is 1. The Morgan fingerprint density at radius 3 is 2.38 bits per heavy atom. The third-order valence-electron chi connectivity index (χ3n) is 4.63. The number of nitrogens with zero attached hydrogens (tertiary/aromatic N) is 3. The lowest BCUT2D eigenvalue weighted by atomic mass is 10.2. The van der Waals surface area contributed by atoms with Gasteiger partial charge in [-0.25, -0.2) is 9.78 Å². The monoisotopic (exact) mass is 419 g/mol. The molecule has 0 aliphatic heterocycles. The van der Waals surface area contributed by atoms with Gasteiger partial charge in [-0.15, -0.1) is 0 Å². The topological polar surface area (TPSA) is 110 Å². The van der Waals surface area contributed by atoms with E-state index in [0.29, 0.717) is 41.2 Å². The molecule has 0 spiro atoms. The Hall–Kier alpha value is -2.39. The molecule has 9 heteroatoms.